The van der Waals surface area contributed by atoms with Crippen molar-refractivity contribution < 1.29 is 14.4 Å². The van der Waals surface area contributed by atoms with Crippen molar-refractivity contribution in [3.05, 3.63) is 65.7 Å². The average molecular weight is 367 g/mol. The highest BCUT2D eigenvalue weighted by Crippen LogP contribution is 2.09. The molecular weight excluding hydrogens is 342 g/mol. The quantitative estimate of drug-likeness (QED) is 0.790. The number of aryl methyl sites for hydroxylation is 1. The van der Waals surface area contributed by atoms with Crippen molar-refractivity contribution in [1.29, 1.82) is 0 Å². The lowest BCUT2D eigenvalue weighted by molar-refractivity contribution is -0.124. The third kappa shape index (κ3) is 6.26. The van der Waals surface area contributed by atoms with Crippen molar-refractivity contribution in [1.82, 2.24) is 10.2 Å². The zero-order valence-corrected chi connectivity index (χ0v) is 15.9. The molecule has 0 bridgehead atoms. The molecule has 0 spiro atoms. The number of nitrogens with one attached hydrogen (secondary N) is 2. The van der Waals surface area contributed by atoms with E-state index >= 15 is 0 Å². The highest BCUT2D eigenvalue weighted by molar-refractivity contribution is 5.98. The first-order valence-corrected chi connectivity index (χ1v) is 8.86. The van der Waals surface area contributed by atoms with Crippen molar-refractivity contribution >= 4 is 23.4 Å². The lowest BCUT2D eigenvalue weighted by Crippen LogP contribution is -2.45. The first-order valence-electron chi connectivity index (χ1n) is 8.86. The van der Waals surface area contributed by atoms with Crippen LogP contribution in [0, 0.1) is 6.92 Å². The lowest BCUT2D eigenvalue weighted by Gasteiger charge is -2.26. The fourth-order valence-electron chi connectivity index (χ4n) is 2.47. The summed E-state index contributed by atoms with van der Waals surface area (Å²) in [4.78, 5) is 38.3. The van der Waals surface area contributed by atoms with Crippen LogP contribution in [0.1, 0.15) is 29.8 Å². The number of anilines is 1. The summed E-state index contributed by atoms with van der Waals surface area (Å²) < 4.78 is 0. The van der Waals surface area contributed by atoms with Crippen LogP contribution in [0.2, 0.25) is 0 Å². The van der Waals surface area contributed by atoms with Crippen molar-refractivity contribution in [2.24, 2.45) is 0 Å². The predicted octanol–water partition coefficient (Wildman–Crippen LogP) is 2.60. The van der Waals surface area contributed by atoms with Gasteiger partial charge in [0.2, 0.25) is 11.8 Å². The van der Waals surface area contributed by atoms with E-state index in [1.807, 2.05) is 39.0 Å². The van der Waals surface area contributed by atoms with E-state index in [1.54, 1.807) is 36.4 Å². The molecule has 0 aliphatic rings. The monoisotopic (exact) mass is 367 g/mol. The topological polar surface area (TPSA) is 78.5 Å². The van der Waals surface area contributed by atoms with Crippen molar-refractivity contribution in [3.8, 4) is 0 Å². The van der Waals surface area contributed by atoms with Gasteiger partial charge < -0.3 is 15.5 Å². The van der Waals surface area contributed by atoms with Gasteiger partial charge in [-0.05, 0) is 45.0 Å². The van der Waals surface area contributed by atoms with Crippen molar-refractivity contribution in [2.45, 2.75) is 26.8 Å². The van der Waals surface area contributed by atoms with Crippen LogP contribution >= 0.6 is 0 Å². The number of hydrogen-bond acceptors (Lipinski definition) is 3. The molecule has 6 nitrogen and oxygen atoms in total. The Labute approximate surface area is 159 Å². The van der Waals surface area contributed by atoms with Crippen LogP contribution in [-0.2, 0) is 9.59 Å². The Bertz CT molecular complexity index is 786. The summed E-state index contributed by atoms with van der Waals surface area (Å²) in [5.74, 6) is -0.922. The molecule has 0 atom stereocenters. The summed E-state index contributed by atoms with van der Waals surface area (Å²) in [5.41, 5.74) is 2.29. The van der Waals surface area contributed by atoms with Crippen LogP contribution in [0.15, 0.2) is 54.6 Å². The van der Waals surface area contributed by atoms with E-state index in [0.717, 1.165) is 5.56 Å². The van der Waals surface area contributed by atoms with Gasteiger partial charge in [0.05, 0.1) is 6.54 Å². The second kappa shape index (κ2) is 9.52. The van der Waals surface area contributed by atoms with Crippen LogP contribution in [0.3, 0.4) is 0 Å². The molecule has 2 rings (SSSR count). The second-order valence-corrected chi connectivity index (χ2v) is 6.58. The number of carbonyl (C=O) groups is 3. The smallest absolute Gasteiger partial charge is 0.254 e. The molecule has 142 valence electrons. The maximum atomic E-state index is 12.6. The zero-order valence-electron chi connectivity index (χ0n) is 15.9. The molecule has 2 aromatic rings. The Balaban J connectivity index is 1.87. The van der Waals surface area contributed by atoms with E-state index in [2.05, 4.69) is 10.6 Å². The van der Waals surface area contributed by atoms with Gasteiger partial charge in [-0.1, -0.05) is 35.9 Å². The van der Waals surface area contributed by atoms with Gasteiger partial charge >= 0.3 is 0 Å². The highest BCUT2D eigenvalue weighted by Gasteiger charge is 2.21. The summed E-state index contributed by atoms with van der Waals surface area (Å²) >= 11 is 0. The Morgan fingerprint density at radius 1 is 0.926 bits per heavy atom. The zero-order chi connectivity index (χ0) is 19.8. The molecule has 0 saturated carbocycles. The minimum absolute atomic E-state index is 0.108. The molecule has 0 heterocycles. The molecule has 0 aromatic heterocycles. The van der Waals surface area contributed by atoms with Gasteiger partial charge in [0.1, 0.15) is 6.54 Å². The summed E-state index contributed by atoms with van der Waals surface area (Å²) in [7, 11) is 0. The van der Waals surface area contributed by atoms with Gasteiger partial charge in [0.25, 0.3) is 5.91 Å². The molecule has 3 amide bonds. The van der Waals surface area contributed by atoms with Crippen molar-refractivity contribution in [2.75, 3.05) is 18.4 Å². The molecule has 2 N–H and O–H groups in total. The van der Waals surface area contributed by atoms with Crippen LogP contribution in [0.5, 0.6) is 0 Å². The number of benzene rings is 2. The third-order valence-electron chi connectivity index (χ3n) is 4.00. The molecule has 6 heteroatoms. The molecule has 2 aromatic carbocycles. The van der Waals surface area contributed by atoms with Gasteiger partial charge in [-0.25, -0.2) is 0 Å². The fraction of sp³-hybridized carbons (Fsp3) is 0.286. The molecule has 0 aliphatic carbocycles. The number of nitrogens with zero attached hydrogens (tertiary/aromatic N) is 1. The Hall–Kier alpha value is -3.15. The first kappa shape index (κ1) is 20.2. The van der Waals surface area contributed by atoms with Crippen LogP contribution in [0.4, 0.5) is 5.69 Å². The molecule has 0 aliphatic heterocycles. The third-order valence-corrected chi connectivity index (χ3v) is 4.00. The molecule has 0 radical (unpaired) electrons. The SMILES string of the molecule is Cc1ccc(NC(=O)CNC(=O)CN(C(=O)c2ccccc2)C(C)C)cc1. The number of hydrogen-bond donors (Lipinski definition) is 2. The van der Waals surface area contributed by atoms with Crippen molar-refractivity contribution in [3.63, 3.8) is 0 Å². The number of carbonyl (C=O) groups excluding carboxylic acids is 3. The number of rotatable bonds is 7. The Morgan fingerprint density at radius 2 is 1.56 bits per heavy atom. The largest absolute Gasteiger partial charge is 0.345 e. The van der Waals surface area contributed by atoms with Gasteiger partial charge in [-0.2, -0.15) is 0 Å². The van der Waals surface area contributed by atoms with E-state index in [9.17, 15) is 14.4 Å². The Morgan fingerprint density at radius 3 is 2.15 bits per heavy atom. The van der Waals surface area contributed by atoms with E-state index in [-0.39, 0.29) is 36.9 Å². The predicted molar refractivity (Wildman–Crippen MR) is 105 cm³/mol. The maximum Gasteiger partial charge on any atom is 0.254 e. The molecular formula is C21H25N3O3. The summed E-state index contributed by atoms with van der Waals surface area (Å²) in [5, 5.41) is 5.28. The van der Waals surface area contributed by atoms with Gasteiger partial charge in [-0.15, -0.1) is 0 Å². The second-order valence-electron chi connectivity index (χ2n) is 6.58. The summed E-state index contributed by atoms with van der Waals surface area (Å²) in [6, 6.07) is 16.0. The maximum absolute atomic E-state index is 12.6. The fourth-order valence-corrected chi connectivity index (χ4v) is 2.47. The molecule has 27 heavy (non-hydrogen) atoms. The molecule has 0 fully saturated rings. The van der Waals surface area contributed by atoms with E-state index in [1.165, 1.54) is 4.90 Å². The summed E-state index contributed by atoms with van der Waals surface area (Å²) in [6.07, 6.45) is 0. The minimum atomic E-state index is -0.382. The summed E-state index contributed by atoms with van der Waals surface area (Å²) in [6.45, 7) is 5.39. The van der Waals surface area contributed by atoms with E-state index in [4.69, 9.17) is 0 Å². The lowest BCUT2D eigenvalue weighted by atomic mass is 10.1. The van der Waals surface area contributed by atoms with Gasteiger partial charge in [0, 0.05) is 17.3 Å². The molecule has 0 saturated heterocycles. The van der Waals surface area contributed by atoms with Crippen LogP contribution in [0.25, 0.3) is 0 Å². The minimum Gasteiger partial charge on any atom is -0.345 e. The highest BCUT2D eigenvalue weighted by atomic mass is 16.2. The first-order chi connectivity index (χ1) is 12.9. The standard InChI is InChI=1S/C21H25N3O3/c1-15(2)24(21(27)17-7-5-4-6-8-17)14-20(26)22-13-19(25)23-18-11-9-16(3)10-12-18/h4-12,15H,13-14H2,1-3H3,(H,22,26)(H,23,25). The Kier molecular flexibility index (Phi) is 7.11. The van der Waals surface area contributed by atoms with Crippen LogP contribution < -0.4 is 10.6 Å². The average Bonchev–Trinajstić information content (AvgIpc) is 2.66. The van der Waals surface area contributed by atoms with Crippen LogP contribution in [-0.4, -0.2) is 41.8 Å². The van der Waals surface area contributed by atoms with Gasteiger partial charge in [0.15, 0.2) is 0 Å². The van der Waals surface area contributed by atoms with Gasteiger partial charge in [-0.3, -0.25) is 14.4 Å². The number of amides is 3. The van der Waals surface area contributed by atoms with E-state index < -0.39 is 0 Å². The molecule has 0 unspecified atom stereocenters. The normalized spacial score (nSPS) is 10.4. The van der Waals surface area contributed by atoms with E-state index in [0.29, 0.717) is 11.3 Å².